The third-order valence-electron chi connectivity index (χ3n) is 5.38. The molecule has 0 bridgehead atoms. The first-order valence-corrected chi connectivity index (χ1v) is 11.0. The number of nitrogens with zero attached hydrogens (tertiary/aromatic N) is 1. The smallest absolute Gasteiger partial charge is 0.243 e. The average Bonchev–Trinajstić information content (AvgIpc) is 2.63. The molecule has 144 valence electrons. The molecule has 3 rings (SSSR count). The van der Waals surface area contributed by atoms with Gasteiger partial charge in [0.1, 0.15) is 5.82 Å². The fourth-order valence-electron chi connectivity index (χ4n) is 3.98. The van der Waals surface area contributed by atoms with Crippen LogP contribution in [0.1, 0.15) is 57.8 Å². The van der Waals surface area contributed by atoms with E-state index in [0.717, 1.165) is 50.7 Å². The van der Waals surface area contributed by atoms with Crippen molar-refractivity contribution in [1.82, 2.24) is 9.62 Å². The Hall–Kier alpha value is -1.47. The molecule has 1 atom stereocenters. The van der Waals surface area contributed by atoms with Crippen LogP contribution in [0.4, 0.5) is 4.39 Å². The van der Waals surface area contributed by atoms with E-state index in [0.29, 0.717) is 13.0 Å². The average molecular weight is 383 g/mol. The Morgan fingerprint density at radius 1 is 1.04 bits per heavy atom. The van der Waals surface area contributed by atoms with Crippen LogP contribution in [0, 0.1) is 5.82 Å². The molecule has 1 saturated carbocycles. The maximum atomic E-state index is 13.1. The van der Waals surface area contributed by atoms with Gasteiger partial charge in [0.05, 0.1) is 4.90 Å². The van der Waals surface area contributed by atoms with E-state index in [2.05, 4.69) is 5.32 Å². The Kier molecular flexibility index (Phi) is 6.29. The SMILES string of the molecule is O=C(C[C@@H]1CCCCN1S(=O)(=O)c1ccc(F)cc1)NC1CCCCC1. The number of carbonyl (C=O) groups excluding carboxylic acids is 1. The van der Waals surface area contributed by atoms with Gasteiger partial charge in [0.25, 0.3) is 0 Å². The Balaban J connectivity index is 1.68. The molecule has 1 saturated heterocycles. The first-order chi connectivity index (χ1) is 12.5. The first kappa shape index (κ1) is 19.3. The minimum absolute atomic E-state index is 0.0666. The molecule has 1 aromatic carbocycles. The second-order valence-electron chi connectivity index (χ2n) is 7.33. The second kappa shape index (κ2) is 8.48. The van der Waals surface area contributed by atoms with Crippen molar-refractivity contribution in [2.75, 3.05) is 6.54 Å². The molecule has 1 amide bonds. The lowest BCUT2D eigenvalue weighted by Gasteiger charge is -2.35. The van der Waals surface area contributed by atoms with Crippen LogP contribution in [-0.4, -0.2) is 37.3 Å². The summed E-state index contributed by atoms with van der Waals surface area (Å²) in [5, 5.41) is 3.08. The monoisotopic (exact) mass is 382 g/mol. The number of halogens is 1. The van der Waals surface area contributed by atoms with Crippen LogP contribution in [0.2, 0.25) is 0 Å². The largest absolute Gasteiger partial charge is 0.353 e. The molecule has 0 spiro atoms. The summed E-state index contributed by atoms with van der Waals surface area (Å²) in [4.78, 5) is 12.5. The lowest BCUT2D eigenvalue weighted by molar-refractivity contribution is -0.123. The zero-order chi connectivity index (χ0) is 18.6. The Morgan fingerprint density at radius 2 is 1.69 bits per heavy atom. The maximum absolute atomic E-state index is 13.1. The highest BCUT2D eigenvalue weighted by molar-refractivity contribution is 7.89. The number of benzene rings is 1. The van der Waals surface area contributed by atoms with Gasteiger partial charge >= 0.3 is 0 Å². The lowest BCUT2D eigenvalue weighted by atomic mass is 9.95. The summed E-state index contributed by atoms with van der Waals surface area (Å²) in [6.07, 6.45) is 8.08. The summed E-state index contributed by atoms with van der Waals surface area (Å²) in [6.45, 7) is 0.404. The van der Waals surface area contributed by atoms with E-state index in [1.54, 1.807) is 0 Å². The number of hydrogen-bond donors (Lipinski definition) is 1. The van der Waals surface area contributed by atoms with Gasteiger partial charge in [-0.25, -0.2) is 12.8 Å². The molecular formula is C19H27FN2O3S. The summed E-state index contributed by atoms with van der Waals surface area (Å²) in [5.74, 6) is -0.533. The summed E-state index contributed by atoms with van der Waals surface area (Å²) in [7, 11) is -3.72. The van der Waals surface area contributed by atoms with Crippen molar-refractivity contribution in [2.45, 2.75) is 74.8 Å². The predicted octanol–water partition coefficient (Wildman–Crippen LogP) is 3.21. The number of amides is 1. The van der Waals surface area contributed by atoms with Crippen LogP contribution in [0.15, 0.2) is 29.2 Å². The van der Waals surface area contributed by atoms with Gasteiger partial charge in [-0.15, -0.1) is 0 Å². The van der Waals surface area contributed by atoms with Gasteiger partial charge in [-0.2, -0.15) is 4.31 Å². The fraction of sp³-hybridized carbons (Fsp3) is 0.632. The number of nitrogens with one attached hydrogen (secondary N) is 1. The highest BCUT2D eigenvalue weighted by Crippen LogP contribution is 2.27. The van der Waals surface area contributed by atoms with Crippen LogP contribution in [0.25, 0.3) is 0 Å². The molecule has 26 heavy (non-hydrogen) atoms. The Labute approximate surface area is 155 Å². The van der Waals surface area contributed by atoms with Crippen molar-refractivity contribution >= 4 is 15.9 Å². The quantitative estimate of drug-likeness (QED) is 0.850. The molecular weight excluding hydrogens is 355 g/mol. The van der Waals surface area contributed by atoms with Crippen LogP contribution in [0.5, 0.6) is 0 Å². The highest BCUT2D eigenvalue weighted by atomic mass is 32.2. The first-order valence-electron chi connectivity index (χ1n) is 9.53. The molecule has 2 aliphatic rings. The van der Waals surface area contributed by atoms with E-state index in [1.807, 2.05) is 0 Å². The van der Waals surface area contributed by atoms with Gasteiger partial charge < -0.3 is 5.32 Å². The minimum atomic E-state index is -3.72. The molecule has 2 fully saturated rings. The van der Waals surface area contributed by atoms with Gasteiger partial charge in [-0.1, -0.05) is 25.7 Å². The molecule has 0 unspecified atom stereocenters. The van der Waals surface area contributed by atoms with Crippen molar-refractivity contribution in [3.05, 3.63) is 30.1 Å². The standard InChI is InChI=1S/C19H27FN2O3S/c20-15-9-11-18(12-10-15)26(24,25)22-13-5-4-8-17(22)14-19(23)21-16-6-2-1-3-7-16/h9-12,16-17H,1-8,13-14H2,(H,21,23)/t17-/m0/s1. The van der Waals surface area contributed by atoms with Gasteiger partial charge in [0.2, 0.25) is 15.9 Å². The molecule has 7 heteroatoms. The van der Waals surface area contributed by atoms with E-state index in [9.17, 15) is 17.6 Å². The van der Waals surface area contributed by atoms with E-state index >= 15 is 0 Å². The third kappa shape index (κ3) is 4.62. The van der Waals surface area contributed by atoms with Gasteiger partial charge in [0, 0.05) is 25.0 Å². The van der Waals surface area contributed by atoms with Crippen LogP contribution in [-0.2, 0) is 14.8 Å². The van der Waals surface area contributed by atoms with Crippen LogP contribution >= 0.6 is 0 Å². The topological polar surface area (TPSA) is 66.5 Å². The molecule has 1 aliphatic carbocycles. The third-order valence-corrected chi connectivity index (χ3v) is 7.35. The summed E-state index contributed by atoms with van der Waals surface area (Å²) in [5.41, 5.74) is 0. The molecule has 1 N–H and O–H groups in total. The van der Waals surface area contributed by atoms with Crippen molar-refractivity contribution < 1.29 is 17.6 Å². The van der Waals surface area contributed by atoms with Crippen molar-refractivity contribution in [1.29, 1.82) is 0 Å². The van der Waals surface area contributed by atoms with Crippen molar-refractivity contribution in [3.63, 3.8) is 0 Å². The molecule has 0 radical (unpaired) electrons. The number of piperidine rings is 1. The summed E-state index contributed by atoms with van der Waals surface area (Å²) in [6, 6.07) is 4.78. The fourth-order valence-corrected chi connectivity index (χ4v) is 5.68. The lowest BCUT2D eigenvalue weighted by Crippen LogP contribution is -2.47. The van der Waals surface area contributed by atoms with E-state index in [-0.39, 0.29) is 29.3 Å². The number of sulfonamides is 1. The summed E-state index contributed by atoms with van der Waals surface area (Å²) >= 11 is 0. The normalized spacial score (nSPS) is 22.9. The van der Waals surface area contributed by atoms with Gasteiger partial charge in [0.15, 0.2) is 0 Å². The molecule has 1 aromatic rings. The molecule has 1 heterocycles. The maximum Gasteiger partial charge on any atom is 0.243 e. The molecule has 5 nitrogen and oxygen atoms in total. The van der Waals surface area contributed by atoms with E-state index in [1.165, 1.54) is 22.9 Å². The highest BCUT2D eigenvalue weighted by Gasteiger charge is 2.35. The number of rotatable bonds is 5. The molecule has 1 aliphatic heterocycles. The summed E-state index contributed by atoms with van der Waals surface area (Å²) < 4.78 is 40.5. The number of carbonyl (C=O) groups is 1. The number of hydrogen-bond acceptors (Lipinski definition) is 3. The van der Waals surface area contributed by atoms with Crippen molar-refractivity contribution in [3.8, 4) is 0 Å². The Bertz CT molecular complexity index is 715. The van der Waals surface area contributed by atoms with Crippen LogP contribution in [0.3, 0.4) is 0 Å². The zero-order valence-electron chi connectivity index (χ0n) is 15.0. The Morgan fingerprint density at radius 3 is 2.38 bits per heavy atom. The second-order valence-corrected chi connectivity index (χ2v) is 9.22. The minimum Gasteiger partial charge on any atom is -0.353 e. The zero-order valence-corrected chi connectivity index (χ0v) is 15.8. The van der Waals surface area contributed by atoms with E-state index in [4.69, 9.17) is 0 Å². The van der Waals surface area contributed by atoms with Gasteiger partial charge in [-0.05, 0) is 49.9 Å². The predicted molar refractivity (Wildman–Crippen MR) is 97.6 cm³/mol. The van der Waals surface area contributed by atoms with Crippen LogP contribution < -0.4 is 5.32 Å². The van der Waals surface area contributed by atoms with Gasteiger partial charge in [-0.3, -0.25) is 4.79 Å². The molecule has 0 aromatic heterocycles. The van der Waals surface area contributed by atoms with Crippen molar-refractivity contribution in [2.24, 2.45) is 0 Å². The van der Waals surface area contributed by atoms with E-state index < -0.39 is 15.8 Å².